The first-order valence-corrected chi connectivity index (χ1v) is 6.64. The molecule has 1 aromatic heterocycles. The molecule has 2 rings (SSSR count). The summed E-state index contributed by atoms with van der Waals surface area (Å²) in [5.41, 5.74) is -0.969. The minimum absolute atomic E-state index is 0.0386. The fourth-order valence-electron chi connectivity index (χ4n) is 2.46. The van der Waals surface area contributed by atoms with Crippen LogP contribution in [-0.2, 0) is 23.2 Å². The van der Waals surface area contributed by atoms with E-state index in [2.05, 4.69) is 0 Å². The van der Waals surface area contributed by atoms with Gasteiger partial charge in [0.15, 0.2) is 0 Å². The number of carboxylic acid groups (broad SMARTS) is 1. The summed E-state index contributed by atoms with van der Waals surface area (Å²) >= 11 is 0. The summed E-state index contributed by atoms with van der Waals surface area (Å²) in [6.07, 6.45) is 2.00. The Morgan fingerprint density at radius 1 is 1.38 bits per heavy atom. The van der Waals surface area contributed by atoms with Crippen molar-refractivity contribution in [1.82, 2.24) is 14.0 Å². The highest BCUT2D eigenvalue weighted by Gasteiger charge is 2.27. The number of carbonyl (C=O) groups excluding carboxylic acids is 1. The van der Waals surface area contributed by atoms with E-state index in [1.165, 1.54) is 23.9 Å². The first kappa shape index (κ1) is 15.0. The molecule has 8 heteroatoms. The van der Waals surface area contributed by atoms with Crippen molar-refractivity contribution in [1.29, 1.82) is 0 Å². The van der Waals surface area contributed by atoms with Gasteiger partial charge in [-0.05, 0) is 12.3 Å². The van der Waals surface area contributed by atoms with Gasteiger partial charge in [0.25, 0.3) is 5.56 Å². The first-order valence-electron chi connectivity index (χ1n) is 6.64. The second kappa shape index (κ2) is 5.94. The lowest BCUT2D eigenvalue weighted by atomic mass is 10.1. The van der Waals surface area contributed by atoms with Crippen LogP contribution in [0.1, 0.15) is 12.8 Å². The molecule has 1 aromatic rings. The van der Waals surface area contributed by atoms with Crippen LogP contribution in [0, 0.1) is 5.92 Å². The number of carboxylic acids is 1. The summed E-state index contributed by atoms with van der Waals surface area (Å²) in [4.78, 5) is 47.4. The van der Waals surface area contributed by atoms with Crippen LogP contribution in [0.4, 0.5) is 0 Å². The highest BCUT2D eigenvalue weighted by atomic mass is 16.4. The molecule has 1 aliphatic heterocycles. The topological polar surface area (TPSA) is 102 Å². The molecule has 0 spiro atoms. The molecular formula is C13H17N3O5. The number of carbonyl (C=O) groups is 2. The molecule has 0 bridgehead atoms. The predicted octanol–water partition coefficient (Wildman–Crippen LogP) is -1.13. The van der Waals surface area contributed by atoms with Crippen molar-refractivity contribution in [3.05, 3.63) is 33.1 Å². The lowest BCUT2D eigenvalue weighted by Crippen LogP contribution is -2.41. The van der Waals surface area contributed by atoms with E-state index in [-0.39, 0.29) is 24.8 Å². The number of amides is 1. The molecule has 8 nitrogen and oxygen atoms in total. The summed E-state index contributed by atoms with van der Waals surface area (Å²) in [6.45, 7) is 0.746. The zero-order valence-corrected chi connectivity index (χ0v) is 11.7. The fraction of sp³-hybridized carbons (Fsp3) is 0.538. The molecule has 1 amide bonds. The fourth-order valence-corrected chi connectivity index (χ4v) is 2.46. The van der Waals surface area contributed by atoms with Gasteiger partial charge < -0.3 is 10.0 Å². The molecule has 0 saturated carbocycles. The van der Waals surface area contributed by atoms with Gasteiger partial charge in [0, 0.05) is 38.8 Å². The SMILES string of the molecule is Cn1c(=O)ccn(CC(=O)N2CCC(CC(=O)O)C2)c1=O. The third-order valence-electron chi connectivity index (χ3n) is 3.67. The van der Waals surface area contributed by atoms with Gasteiger partial charge in [-0.2, -0.15) is 0 Å². The van der Waals surface area contributed by atoms with Gasteiger partial charge in [0.2, 0.25) is 5.91 Å². The van der Waals surface area contributed by atoms with E-state index in [0.717, 1.165) is 4.57 Å². The van der Waals surface area contributed by atoms with E-state index in [0.29, 0.717) is 19.5 Å². The largest absolute Gasteiger partial charge is 0.481 e. The van der Waals surface area contributed by atoms with Gasteiger partial charge in [-0.1, -0.05) is 0 Å². The van der Waals surface area contributed by atoms with E-state index in [4.69, 9.17) is 5.11 Å². The number of hydrogen-bond acceptors (Lipinski definition) is 4. The Kier molecular flexibility index (Phi) is 4.25. The number of likely N-dealkylation sites (tertiary alicyclic amines) is 1. The number of nitrogens with zero attached hydrogens (tertiary/aromatic N) is 3. The van der Waals surface area contributed by atoms with Crippen LogP contribution < -0.4 is 11.2 Å². The van der Waals surface area contributed by atoms with Crippen molar-refractivity contribution in [3.8, 4) is 0 Å². The van der Waals surface area contributed by atoms with Crippen molar-refractivity contribution in [2.24, 2.45) is 13.0 Å². The minimum Gasteiger partial charge on any atom is -0.481 e. The van der Waals surface area contributed by atoms with Crippen molar-refractivity contribution in [2.45, 2.75) is 19.4 Å². The molecule has 0 aromatic carbocycles. The summed E-state index contributed by atoms with van der Waals surface area (Å²) in [5.74, 6) is -1.16. The third-order valence-corrected chi connectivity index (χ3v) is 3.67. The maximum Gasteiger partial charge on any atom is 0.331 e. The standard InChI is InChI=1S/C13H17N3O5/c1-14-10(17)3-5-16(13(14)21)8-11(18)15-4-2-9(7-15)6-12(19)20/h3,5,9H,2,4,6-8H2,1H3,(H,19,20). The Bertz CT molecular complexity index is 675. The zero-order chi connectivity index (χ0) is 15.6. The second-order valence-corrected chi connectivity index (χ2v) is 5.22. The number of aromatic nitrogens is 2. The average molecular weight is 295 g/mol. The summed E-state index contributed by atoms with van der Waals surface area (Å²) in [5, 5.41) is 8.75. The first-order chi connectivity index (χ1) is 9.88. The van der Waals surface area contributed by atoms with Gasteiger partial charge in [-0.25, -0.2) is 4.79 Å². The molecule has 114 valence electrons. The van der Waals surface area contributed by atoms with Gasteiger partial charge in [-0.3, -0.25) is 23.5 Å². The monoisotopic (exact) mass is 295 g/mol. The Hall–Kier alpha value is -2.38. The number of aliphatic carboxylic acids is 1. The van der Waals surface area contributed by atoms with Crippen LogP contribution in [0.5, 0.6) is 0 Å². The summed E-state index contributed by atoms with van der Waals surface area (Å²) in [6, 6.07) is 1.23. The van der Waals surface area contributed by atoms with Gasteiger partial charge in [0.05, 0.1) is 0 Å². The van der Waals surface area contributed by atoms with Crippen molar-refractivity contribution in [2.75, 3.05) is 13.1 Å². The smallest absolute Gasteiger partial charge is 0.331 e. The number of rotatable bonds is 4. The van der Waals surface area contributed by atoms with Crippen LogP contribution >= 0.6 is 0 Å². The summed E-state index contributed by atoms with van der Waals surface area (Å²) < 4.78 is 2.11. The Labute approximate surface area is 120 Å². The highest BCUT2D eigenvalue weighted by Crippen LogP contribution is 2.19. The normalized spacial score (nSPS) is 18.0. The lowest BCUT2D eigenvalue weighted by molar-refractivity contribution is -0.138. The summed E-state index contributed by atoms with van der Waals surface area (Å²) in [7, 11) is 1.35. The van der Waals surface area contributed by atoms with Crippen LogP contribution in [0.3, 0.4) is 0 Å². The zero-order valence-electron chi connectivity index (χ0n) is 11.7. The Morgan fingerprint density at radius 3 is 2.76 bits per heavy atom. The van der Waals surface area contributed by atoms with Crippen LogP contribution in [0.15, 0.2) is 21.9 Å². The van der Waals surface area contributed by atoms with Crippen molar-refractivity contribution >= 4 is 11.9 Å². The quantitative estimate of drug-likeness (QED) is 0.757. The van der Waals surface area contributed by atoms with Crippen molar-refractivity contribution < 1.29 is 14.7 Å². The molecule has 1 N–H and O–H groups in total. The molecule has 0 radical (unpaired) electrons. The lowest BCUT2D eigenvalue weighted by Gasteiger charge is -2.17. The molecule has 1 atom stereocenters. The molecule has 1 saturated heterocycles. The molecule has 2 heterocycles. The second-order valence-electron chi connectivity index (χ2n) is 5.22. The maximum absolute atomic E-state index is 12.1. The molecule has 21 heavy (non-hydrogen) atoms. The van der Waals surface area contributed by atoms with Crippen LogP contribution in [0.2, 0.25) is 0 Å². The van der Waals surface area contributed by atoms with Crippen LogP contribution in [0.25, 0.3) is 0 Å². The third kappa shape index (κ3) is 3.39. The minimum atomic E-state index is -0.872. The number of hydrogen-bond donors (Lipinski definition) is 1. The van der Waals surface area contributed by atoms with E-state index in [1.807, 2.05) is 0 Å². The van der Waals surface area contributed by atoms with Crippen molar-refractivity contribution in [3.63, 3.8) is 0 Å². The van der Waals surface area contributed by atoms with Gasteiger partial charge in [-0.15, -0.1) is 0 Å². The molecule has 1 unspecified atom stereocenters. The molecule has 0 aliphatic carbocycles. The van der Waals surface area contributed by atoms with E-state index in [1.54, 1.807) is 4.90 Å². The Balaban J connectivity index is 2.03. The average Bonchev–Trinajstić information content (AvgIpc) is 2.87. The molecular weight excluding hydrogens is 278 g/mol. The maximum atomic E-state index is 12.1. The van der Waals surface area contributed by atoms with Crippen LogP contribution in [-0.4, -0.2) is 44.1 Å². The molecule has 1 fully saturated rings. The highest BCUT2D eigenvalue weighted by molar-refractivity contribution is 5.76. The van der Waals surface area contributed by atoms with Gasteiger partial charge >= 0.3 is 11.7 Å². The van der Waals surface area contributed by atoms with E-state index >= 15 is 0 Å². The molecule has 1 aliphatic rings. The van der Waals surface area contributed by atoms with E-state index in [9.17, 15) is 19.2 Å². The predicted molar refractivity (Wildman–Crippen MR) is 72.9 cm³/mol. The van der Waals surface area contributed by atoms with E-state index < -0.39 is 17.2 Å². The van der Waals surface area contributed by atoms with Gasteiger partial charge in [0.1, 0.15) is 6.54 Å². The Morgan fingerprint density at radius 2 is 2.10 bits per heavy atom.